The number of hydrogen-bond acceptors (Lipinski definition) is 6. The molecule has 6 nitrogen and oxygen atoms in total. The Morgan fingerprint density at radius 2 is 2.13 bits per heavy atom. The Morgan fingerprint density at radius 1 is 1.35 bits per heavy atom. The van der Waals surface area contributed by atoms with Crippen molar-refractivity contribution in [2.75, 3.05) is 16.8 Å². The molecule has 1 aromatic heterocycles. The molecule has 122 valence electrons. The molecule has 0 unspecified atom stereocenters. The van der Waals surface area contributed by atoms with Crippen molar-refractivity contribution in [2.45, 2.75) is 13.5 Å². The predicted molar refractivity (Wildman–Crippen MR) is 88.4 cm³/mol. The highest BCUT2D eigenvalue weighted by molar-refractivity contribution is 8.00. The van der Waals surface area contributed by atoms with Gasteiger partial charge in [0.1, 0.15) is 12.4 Å². The molecule has 0 saturated heterocycles. The van der Waals surface area contributed by atoms with Gasteiger partial charge in [-0.25, -0.2) is 0 Å². The predicted octanol–water partition coefficient (Wildman–Crippen LogP) is 3.05. The van der Waals surface area contributed by atoms with E-state index in [4.69, 9.17) is 20.9 Å². The molecule has 0 saturated carbocycles. The van der Waals surface area contributed by atoms with Gasteiger partial charge in [-0.2, -0.15) is 0 Å². The average molecular weight is 355 g/mol. The van der Waals surface area contributed by atoms with Crippen LogP contribution in [0, 0.1) is 6.92 Å². The Labute approximate surface area is 142 Å². The van der Waals surface area contributed by atoms with Crippen LogP contribution < -0.4 is 5.32 Å². The van der Waals surface area contributed by atoms with Crippen LogP contribution in [0.4, 0.5) is 5.82 Å². The van der Waals surface area contributed by atoms with Crippen LogP contribution >= 0.6 is 23.4 Å². The van der Waals surface area contributed by atoms with Gasteiger partial charge in [0.15, 0.2) is 5.82 Å². The summed E-state index contributed by atoms with van der Waals surface area (Å²) in [5, 5.41) is 6.77. The highest BCUT2D eigenvalue weighted by atomic mass is 35.5. The maximum Gasteiger partial charge on any atom is 0.316 e. The minimum absolute atomic E-state index is 0.0791. The van der Waals surface area contributed by atoms with Crippen molar-refractivity contribution < 1.29 is 18.8 Å². The molecule has 1 aromatic carbocycles. The van der Waals surface area contributed by atoms with Crippen molar-refractivity contribution in [3.8, 4) is 0 Å². The number of hydrogen-bond donors (Lipinski definition) is 1. The molecule has 8 heteroatoms. The van der Waals surface area contributed by atoms with Gasteiger partial charge in [-0.1, -0.05) is 35.0 Å². The molecule has 23 heavy (non-hydrogen) atoms. The smallest absolute Gasteiger partial charge is 0.316 e. The van der Waals surface area contributed by atoms with Gasteiger partial charge < -0.3 is 14.6 Å². The molecule has 2 rings (SSSR count). The fraction of sp³-hybridized carbons (Fsp3) is 0.267. The number of anilines is 1. The zero-order valence-corrected chi connectivity index (χ0v) is 13.9. The first kappa shape index (κ1) is 17.4. The average Bonchev–Trinajstić information content (AvgIpc) is 2.91. The third kappa shape index (κ3) is 5.96. The number of thioether (sulfide) groups is 1. The van der Waals surface area contributed by atoms with Crippen molar-refractivity contribution >= 4 is 41.1 Å². The van der Waals surface area contributed by atoms with E-state index in [1.165, 1.54) is 0 Å². The summed E-state index contributed by atoms with van der Waals surface area (Å²) in [6.45, 7) is 1.84. The second-order valence-corrected chi connectivity index (χ2v) is 6.01. The van der Waals surface area contributed by atoms with Crippen LogP contribution in [-0.2, 0) is 20.9 Å². The van der Waals surface area contributed by atoms with Gasteiger partial charge in [-0.3, -0.25) is 9.59 Å². The first-order chi connectivity index (χ1) is 11.0. The summed E-state index contributed by atoms with van der Waals surface area (Å²) < 4.78 is 9.94. The lowest BCUT2D eigenvalue weighted by Gasteiger charge is -2.06. The Morgan fingerprint density at radius 3 is 2.83 bits per heavy atom. The first-order valence-corrected chi connectivity index (χ1v) is 8.28. The SMILES string of the molecule is Cc1cc(NC(=O)CSCC(=O)OCc2ccccc2Cl)no1. The highest BCUT2D eigenvalue weighted by Crippen LogP contribution is 2.16. The fourth-order valence-corrected chi connectivity index (χ4v) is 2.45. The summed E-state index contributed by atoms with van der Waals surface area (Å²) in [5.74, 6) is 0.496. The number of benzene rings is 1. The summed E-state index contributed by atoms with van der Waals surface area (Å²) in [5.41, 5.74) is 0.742. The van der Waals surface area contributed by atoms with E-state index in [0.717, 1.165) is 17.3 Å². The lowest BCUT2D eigenvalue weighted by atomic mass is 10.2. The lowest BCUT2D eigenvalue weighted by molar-refractivity contribution is -0.141. The molecule has 0 radical (unpaired) electrons. The van der Waals surface area contributed by atoms with Crippen molar-refractivity contribution in [2.24, 2.45) is 0 Å². The molecule has 0 spiro atoms. The maximum absolute atomic E-state index is 11.6. The lowest BCUT2D eigenvalue weighted by Crippen LogP contribution is -2.16. The monoisotopic (exact) mass is 354 g/mol. The molecule has 0 aliphatic rings. The normalized spacial score (nSPS) is 10.3. The largest absolute Gasteiger partial charge is 0.460 e. The number of rotatable bonds is 7. The van der Waals surface area contributed by atoms with E-state index in [9.17, 15) is 9.59 Å². The quantitative estimate of drug-likeness (QED) is 0.769. The van der Waals surface area contributed by atoms with E-state index in [1.54, 1.807) is 31.2 Å². The number of aromatic nitrogens is 1. The Bertz CT molecular complexity index is 690. The highest BCUT2D eigenvalue weighted by Gasteiger charge is 2.09. The molecule has 0 aliphatic carbocycles. The van der Waals surface area contributed by atoms with Gasteiger partial charge in [-0.15, -0.1) is 11.8 Å². The third-order valence-electron chi connectivity index (χ3n) is 2.70. The van der Waals surface area contributed by atoms with E-state index in [1.807, 2.05) is 6.07 Å². The van der Waals surface area contributed by atoms with Gasteiger partial charge in [0, 0.05) is 16.7 Å². The van der Waals surface area contributed by atoms with Crippen LogP contribution in [0.5, 0.6) is 0 Å². The number of aryl methyl sites for hydroxylation is 1. The van der Waals surface area contributed by atoms with Crippen LogP contribution in [0.25, 0.3) is 0 Å². The first-order valence-electron chi connectivity index (χ1n) is 6.74. The number of nitrogens with zero attached hydrogens (tertiary/aromatic N) is 1. The van der Waals surface area contributed by atoms with Gasteiger partial charge in [-0.05, 0) is 13.0 Å². The van der Waals surface area contributed by atoms with Crippen molar-refractivity contribution in [3.05, 3.63) is 46.7 Å². The van der Waals surface area contributed by atoms with E-state index >= 15 is 0 Å². The second kappa shape index (κ2) is 8.59. The maximum atomic E-state index is 11.6. The standard InChI is InChI=1S/C15H15ClN2O4S/c1-10-6-13(18-22-10)17-14(19)8-23-9-15(20)21-7-11-4-2-3-5-12(11)16/h2-6H,7-9H2,1H3,(H,17,18,19). The van der Waals surface area contributed by atoms with E-state index in [2.05, 4.69) is 10.5 Å². The molecule has 0 atom stereocenters. The second-order valence-electron chi connectivity index (χ2n) is 4.62. The molecule has 0 fully saturated rings. The summed E-state index contributed by atoms with van der Waals surface area (Å²) in [7, 11) is 0. The Balaban J connectivity index is 1.64. The number of carbonyl (C=O) groups is 2. The third-order valence-corrected chi connectivity index (χ3v) is 3.97. The van der Waals surface area contributed by atoms with Crippen molar-refractivity contribution in [1.29, 1.82) is 0 Å². The number of esters is 1. The van der Waals surface area contributed by atoms with Crippen LogP contribution in [0.2, 0.25) is 5.02 Å². The van der Waals surface area contributed by atoms with Crippen LogP contribution in [0.15, 0.2) is 34.9 Å². The molecule has 0 aliphatic heterocycles. The van der Waals surface area contributed by atoms with Gasteiger partial charge in [0.2, 0.25) is 5.91 Å². The van der Waals surface area contributed by atoms with E-state index in [0.29, 0.717) is 16.6 Å². The van der Waals surface area contributed by atoms with Crippen LogP contribution in [0.1, 0.15) is 11.3 Å². The topological polar surface area (TPSA) is 81.4 Å². The minimum Gasteiger partial charge on any atom is -0.460 e. The van der Waals surface area contributed by atoms with Gasteiger partial charge in [0.05, 0.1) is 11.5 Å². The van der Waals surface area contributed by atoms with Crippen LogP contribution in [0.3, 0.4) is 0 Å². The van der Waals surface area contributed by atoms with E-state index in [-0.39, 0.29) is 24.0 Å². The molecule has 0 bridgehead atoms. The van der Waals surface area contributed by atoms with Crippen LogP contribution in [-0.4, -0.2) is 28.5 Å². The minimum atomic E-state index is -0.403. The molecule has 1 heterocycles. The number of halogens is 1. The summed E-state index contributed by atoms with van der Waals surface area (Å²) in [6, 6.07) is 8.75. The summed E-state index contributed by atoms with van der Waals surface area (Å²) in [6.07, 6.45) is 0. The molecule has 2 aromatic rings. The number of carbonyl (C=O) groups excluding carboxylic acids is 2. The van der Waals surface area contributed by atoms with Gasteiger partial charge >= 0.3 is 5.97 Å². The Hall–Kier alpha value is -1.99. The number of nitrogens with one attached hydrogen (secondary N) is 1. The number of ether oxygens (including phenoxy) is 1. The van der Waals surface area contributed by atoms with E-state index < -0.39 is 5.97 Å². The number of amides is 1. The molecular weight excluding hydrogens is 340 g/mol. The van der Waals surface area contributed by atoms with Crippen molar-refractivity contribution in [3.63, 3.8) is 0 Å². The summed E-state index contributed by atoms with van der Waals surface area (Å²) in [4.78, 5) is 23.3. The summed E-state index contributed by atoms with van der Waals surface area (Å²) >= 11 is 7.13. The molecule has 1 N–H and O–H groups in total. The molecule has 1 amide bonds. The van der Waals surface area contributed by atoms with Crippen molar-refractivity contribution in [1.82, 2.24) is 5.16 Å². The van der Waals surface area contributed by atoms with Gasteiger partial charge in [0.25, 0.3) is 0 Å². The fourth-order valence-electron chi connectivity index (χ4n) is 1.65. The molecular formula is C15H15ClN2O4S. The zero-order chi connectivity index (χ0) is 16.7. The zero-order valence-electron chi connectivity index (χ0n) is 12.4. The Kier molecular flexibility index (Phi) is 6.49.